The number of pyridine rings is 1. The summed E-state index contributed by atoms with van der Waals surface area (Å²) in [6, 6.07) is 6.95. The minimum atomic E-state index is -0.136. The molecule has 1 aromatic heterocycles. The zero-order valence-electron chi connectivity index (χ0n) is 17.1. The van der Waals surface area contributed by atoms with Crippen molar-refractivity contribution in [3.05, 3.63) is 29.6 Å². The molecule has 3 heteroatoms. The van der Waals surface area contributed by atoms with Crippen molar-refractivity contribution in [2.75, 3.05) is 0 Å². The maximum Gasteiger partial charge on any atom is 0.0545 e. The molecule has 1 N–H and O–H groups in total. The highest BCUT2D eigenvalue weighted by Crippen LogP contribution is 2.60. The molecule has 0 amide bonds. The highest BCUT2D eigenvalue weighted by molar-refractivity contribution is 7.60. The first-order valence-electron chi connectivity index (χ1n) is 8.96. The first kappa shape index (κ1) is 22.5. The number of nitrogens with zero attached hydrogens (tertiary/aromatic N) is 1. The van der Waals surface area contributed by atoms with Crippen LogP contribution >= 0.6 is 7.92 Å². The predicted octanol–water partition coefficient (Wildman–Crippen LogP) is 6.18. The SMILES string of the molecule is CC.CC(C)NCc1cccc(CP(C(C)(C)C)C(C)(C)C)n1. The minimum Gasteiger partial charge on any atom is -0.309 e. The zero-order chi connectivity index (χ0) is 18.3. The van der Waals surface area contributed by atoms with Crippen molar-refractivity contribution in [3.8, 4) is 0 Å². The van der Waals surface area contributed by atoms with Crippen LogP contribution in [0.4, 0.5) is 0 Å². The molecular weight excluding hydrogens is 299 g/mol. The Morgan fingerprint density at radius 1 is 0.957 bits per heavy atom. The van der Waals surface area contributed by atoms with Gasteiger partial charge in [-0.2, -0.15) is 0 Å². The molecule has 23 heavy (non-hydrogen) atoms. The van der Waals surface area contributed by atoms with E-state index in [1.54, 1.807) is 0 Å². The number of nitrogens with one attached hydrogen (secondary N) is 1. The third-order valence-electron chi connectivity index (χ3n) is 3.50. The van der Waals surface area contributed by atoms with Crippen molar-refractivity contribution >= 4 is 7.92 Å². The molecule has 0 aromatic carbocycles. The van der Waals surface area contributed by atoms with E-state index in [9.17, 15) is 0 Å². The van der Waals surface area contributed by atoms with Gasteiger partial charge >= 0.3 is 0 Å². The van der Waals surface area contributed by atoms with E-state index in [1.807, 2.05) is 13.8 Å². The van der Waals surface area contributed by atoms with E-state index in [2.05, 4.69) is 78.9 Å². The van der Waals surface area contributed by atoms with E-state index in [-0.39, 0.29) is 7.92 Å². The van der Waals surface area contributed by atoms with Crippen LogP contribution in [-0.2, 0) is 12.7 Å². The first-order chi connectivity index (χ1) is 10.5. The standard InChI is InChI=1S/C18H33N2P.C2H6/c1-14(2)19-12-15-10-9-11-16(20-15)13-21(17(3,4)5)18(6,7)8;1-2/h9-11,14,19H,12-13H2,1-8H3;1-2H3. The van der Waals surface area contributed by atoms with Crippen LogP contribution in [0.2, 0.25) is 0 Å². The molecule has 1 rings (SSSR count). The summed E-state index contributed by atoms with van der Waals surface area (Å²) in [4.78, 5) is 4.87. The van der Waals surface area contributed by atoms with Gasteiger partial charge in [-0.3, -0.25) is 4.98 Å². The van der Waals surface area contributed by atoms with Crippen molar-refractivity contribution in [2.24, 2.45) is 0 Å². The molecule has 0 aliphatic rings. The van der Waals surface area contributed by atoms with Gasteiger partial charge < -0.3 is 5.32 Å². The molecule has 0 aliphatic heterocycles. The summed E-state index contributed by atoms with van der Waals surface area (Å²) in [6.45, 7) is 23.4. The normalized spacial score (nSPS) is 12.3. The van der Waals surface area contributed by atoms with Crippen molar-refractivity contribution < 1.29 is 0 Å². The zero-order valence-corrected chi connectivity index (χ0v) is 18.0. The lowest BCUT2D eigenvalue weighted by molar-refractivity contribution is 0.580. The second kappa shape index (κ2) is 9.74. The first-order valence-corrected chi connectivity index (χ1v) is 10.5. The van der Waals surface area contributed by atoms with Gasteiger partial charge in [-0.15, -0.1) is 0 Å². The molecule has 0 saturated carbocycles. The van der Waals surface area contributed by atoms with Crippen LogP contribution in [0.1, 0.15) is 80.6 Å². The van der Waals surface area contributed by atoms with E-state index >= 15 is 0 Å². The fraction of sp³-hybridized carbons (Fsp3) is 0.750. The summed E-state index contributed by atoms with van der Waals surface area (Å²) in [5.74, 6) is 0. The molecule has 2 nitrogen and oxygen atoms in total. The van der Waals surface area contributed by atoms with Crippen LogP contribution in [0.25, 0.3) is 0 Å². The monoisotopic (exact) mass is 338 g/mol. The Morgan fingerprint density at radius 2 is 1.43 bits per heavy atom. The predicted molar refractivity (Wildman–Crippen MR) is 108 cm³/mol. The van der Waals surface area contributed by atoms with Crippen molar-refractivity contribution in [2.45, 2.75) is 98.3 Å². The summed E-state index contributed by atoms with van der Waals surface area (Å²) in [6.07, 6.45) is 1.11. The van der Waals surface area contributed by atoms with Gasteiger partial charge in [0, 0.05) is 24.4 Å². The number of hydrogen-bond acceptors (Lipinski definition) is 2. The molecule has 0 aliphatic carbocycles. The second-order valence-corrected chi connectivity index (χ2v) is 11.9. The fourth-order valence-corrected chi connectivity index (χ4v) is 6.13. The number of aromatic nitrogens is 1. The molecule has 0 bridgehead atoms. The van der Waals surface area contributed by atoms with Crippen LogP contribution in [0.3, 0.4) is 0 Å². The topological polar surface area (TPSA) is 24.9 Å². The Kier molecular flexibility index (Phi) is 9.55. The highest BCUT2D eigenvalue weighted by atomic mass is 31.1. The molecule has 0 atom stereocenters. The number of hydrogen-bond donors (Lipinski definition) is 1. The molecular formula is C20H39N2P. The van der Waals surface area contributed by atoms with Crippen LogP contribution in [0, 0.1) is 0 Å². The van der Waals surface area contributed by atoms with Gasteiger partial charge in [-0.25, -0.2) is 0 Å². The number of rotatable bonds is 5. The molecule has 0 saturated heterocycles. The van der Waals surface area contributed by atoms with Gasteiger partial charge in [-0.05, 0) is 22.4 Å². The lowest BCUT2D eigenvalue weighted by Crippen LogP contribution is -2.26. The molecule has 0 fully saturated rings. The third kappa shape index (κ3) is 8.82. The van der Waals surface area contributed by atoms with Gasteiger partial charge in [0.2, 0.25) is 0 Å². The Hall–Kier alpha value is -0.460. The van der Waals surface area contributed by atoms with Crippen molar-refractivity contribution in [1.29, 1.82) is 0 Å². The molecule has 1 aromatic rings. The van der Waals surface area contributed by atoms with E-state index < -0.39 is 0 Å². The Bertz CT molecular complexity index is 428. The average Bonchev–Trinajstić information content (AvgIpc) is 2.43. The van der Waals surface area contributed by atoms with Gasteiger partial charge in [0.15, 0.2) is 0 Å². The minimum absolute atomic E-state index is 0.136. The molecule has 134 valence electrons. The summed E-state index contributed by atoms with van der Waals surface area (Å²) < 4.78 is 0. The Morgan fingerprint density at radius 3 is 1.87 bits per heavy atom. The molecule has 1 heterocycles. The van der Waals surface area contributed by atoms with Gasteiger partial charge in [0.05, 0.1) is 5.69 Å². The smallest absolute Gasteiger partial charge is 0.0545 e. The maximum atomic E-state index is 4.87. The lowest BCUT2D eigenvalue weighted by atomic mass is 10.2. The summed E-state index contributed by atoms with van der Waals surface area (Å²) in [5, 5.41) is 4.14. The Labute approximate surface area is 146 Å². The molecule has 0 radical (unpaired) electrons. The second-order valence-electron chi connectivity index (χ2n) is 8.08. The average molecular weight is 339 g/mol. The van der Waals surface area contributed by atoms with Crippen LogP contribution in [0.15, 0.2) is 18.2 Å². The molecule has 0 unspecified atom stereocenters. The van der Waals surface area contributed by atoms with Gasteiger partial charge in [0.25, 0.3) is 0 Å². The van der Waals surface area contributed by atoms with Gasteiger partial charge in [-0.1, -0.05) is 83.2 Å². The Balaban J connectivity index is 0.00000232. The van der Waals surface area contributed by atoms with Gasteiger partial charge in [0.1, 0.15) is 0 Å². The quantitative estimate of drug-likeness (QED) is 0.648. The highest BCUT2D eigenvalue weighted by Gasteiger charge is 2.34. The lowest BCUT2D eigenvalue weighted by Gasteiger charge is -2.41. The fourth-order valence-electron chi connectivity index (χ4n) is 2.67. The summed E-state index contributed by atoms with van der Waals surface area (Å²) in [5.41, 5.74) is 2.40. The van der Waals surface area contributed by atoms with E-state index in [4.69, 9.17) is 4.98 Å². The van der Waals surface area contributed by atoms with E-state index in [0.717, 1.165) is 18.4 Å². The van der Waals surface area contributed by atoms with Crippen LogP contribution in [0.5, 0.6) is 0 Å². The summed E-state index contributed by atoms with van der Waals surface area (Å²) in [7, 11) is -0.136. The van der Waals surface area contributed by atoms with Crippen LogP contribution < -0.4 is 5.32 Å². The summed E-state index contributed by atoms with van der Waals surface area (Å²) >= 11 is 0. The van der Waals surface area contributed by atoms with E-state index in [0.29, 0.717) is 16.4 Å². The third-order valence-corrected chi connectivity index (χ3v) is 7.37. The molecule has 0 spiro atoms. The van der Waals surface area contributed by atoms with Crippen LogP contribution in [-0.4, -0.2) is 21.3 Å². The maximum absolute atomic E-state index is 4.87. The van der Waals surface area contributed by atoms with Crippen molar-refractivity contribution in [1.82, 2.24) is 10.3 Å². The van der Waals surface area contributed by atoms with E-state index in [1.165, 1.54) is 5.69 Å². The van der Waals surface area contributed by atoms with Crippen molar-refractivity contribution in [3.63, 3.8) is 0 Å². The largest absolute Gasteiger partial charge is 0.309 e.